The van der Waals surface area contributed by atoms with E-state index in [9.17, 15) is 14.7 Å². The number of carbonyl (C=O) groups is 2. The Morgan fingerprint density at radius 3 is 2.28 bits per heavy atom. The van der Waals surface area contributed by atoms with E-state index in [0.717, 1.165) is 5.56 Å². The lowest BCUT2D eigenvalue weighted by atomic mass is 10.1. The van der Waals surface area contributed by atoms with Gasteiger partial charge in [0.15, 0.2) is 0 Å². The average molecular weight is 401 g/mol. The lowest BCUT2D eigenvalue weighted by molar-refractivity contribution is -0.122. The summed E-state index contributed by atoms with van der Waals surface area (Å²) in [5.41, 5.74) is 1.21. The maximum Gasteiger partial charge on any atom is 0.323 e. The van der Waals surface area contributed by atoms with E-state index in [1.165, 1.54) is 7.11 Å². The van der Waals surface area contributed by atoms with Crippen molar-refractivity contribution in [3.63, 3.8) is 0 Å². The van der Waals surface area contributed by atoms with Crippen LogP contribution in [-0.2, 0) is 11.2 Å². The molecular formula is C21H27N3O5. The molecule has 2 aromatic carbocycles. The van der Waals surface area contributed by atoms with E-state index in [1.807, 2.05) is 0 Å². The van der Waals surface area contributed by atoms with Gasteiger partial charge in [0.25, 0.3) is 0 Å². The van der Waals surface area contributed by atoms with Crippen LogP contribution in [0, 0.1) is 0 Å². The summed E-state index contributed by atoms with van der Waals surface area (Å²) >= 11 is 0. The smallest absolute Gasteiger partial charge is 0.323 e. The van der Waals surface area contributed by atoms with Crippen molar-refractivity contribution in [2.45, 2.75) is 25.8 Å². The van der Waals surface area contributed by atoms with Gasteiger partial charge >= 0.3 is 6.03 Å². The number of carbonyl (C=O) groups excluding carboxylic acids is 2. The topological polar surface area (TPSA) is 109 Å². The molecule has 0 fully saturated rings. The average Bonchev–Trinajstić information content (AvgIpc) is 2.69. The number of benzene rings is 2. The molecule has 0 unspecified atom stereocenters. The summed E-state index contributed by atoms with van der Waals surface area (Å²) in [4.78, 5) is 24.3. The third-order valence-electron chi connectivity index (χ3n) is 4.11. The molecule has 0 atom stereocenters. The van der Waals surface area contributed by atoms with Crippen LogP contribution in [0.25, 0.3) is 0 Å². The molecule has 0 saturated heterocycles. The highest BCUT2D eigenvalue weighted by Gasteiger charge is 2.19. The van der Waals surface area contributed by atoms with Crippen LogP contribution in [0.3, 0.4) is 0 Å². The van der Waals surface area contributed by atoms with Crippen molar-refractivity contribution in [2.24, 2.45) is 0 Å². The van der Waals surface area contributed by atoms with Gasteiger partial charge in [-0.15, -0.1) is 0 Å². The Hall–Kier alpha value is -3.26. The number of hydrogen-bond donors (Lipinski definition) is 4. The SMILES string of the molecule is COc1ccc(NC(=O)Nc2ccc(CC(=O)NC(C)(C)CO)cc2)c(OC)c1. The number of aliphatic hydroxyl groups is 1. The molecule has 0 saturated carbocycles. The summed E-state index contributed by atoms with van der Waals surface area (Å²) in [6.07, 6.45) is 0.180. The quantitative estimate of drug-likeness (QED) is 0.544. The molecule has 8 heteroatoms. The molecule has 0 radical (unpaired) electrons. The van der Waals surface area contributed by atoms with Crippen molar-refractivity contribution < 1.29 is 24.2 Å². The number of urea groups is 1. The van der Waals surface area contributed by atoms with Gasteiger partial charge in [0.1, 0.15) is 11.5 Å². The minimum absolute atomic E-state index is 0.143. The van der Waals surface area contributed by atoms with Gasteiger partial charge < -0.3 is 30.5 Å². The monoisotopic (exact) mass is 401 g/mol. The van der Waals surface area contributed by atoms with Crippen LogP contribution < -0.4 is 25.4 Å². The van der Waals surface area contributed by atoms with Crippen LogP contribution in [0.2, 0.25) is 0 Å². The van der Waals surface area contributed by atoms with Gasteiger partial charge in [-0.2, -0.15) is 0 Å². The third-order valence-corrected chi connectivity index (χ3v) is 4.11. The van der Waals surface area contributed by atoms with Gasteiger partial charge in [0.2, 0.25) is 5.91 Å². The number of rotatable bonds is 8. The Bertz CT molecular complexity index is 850. The predicted octanol–water partition coefficient (Wildman–Crippen LogP) is 2.78. The first-order valence-corrected chi connectivity index (χ1v) is 9.07. The number of hydrogen-bond acceptors (Lipinski definition) is 5. The zero-order chi connectivity index (χ0) is 21.4. The summed E-state index contributed by atoms with van der Waals surface area (Å²) in [6, 6.07) is 11.6. The third kappa shape index (κ3) is 6.69. The van der Waals surface area contributed by atoms with E-state index in [0.29, 0.717) is 22.9 Å². The standard InChI is InChI=1S/C21H27N3O5/c1-21(2,13-25)24-19(26)11-14-5-7-15(8-6-14)22-20(27)23-17-10-9-16(28-3)12-18(17)29-4/h5-10,12,25H,11,13H2,1-4H3,(H,24,26)(H2,22,23,27). The predicted molar refractivity (Wildman–Crippen MR) is 112 cm³/mol. The van der Waals surface area contributed by atoms with Crippen molar-refractivity contribution in [1.29, 1.82) is 0 Å². The van der Waals surface area contributed by atoms with Crippen molar-refractivity contribution in [3.05, 3.63) is 48.0 Å². The number of aliphatic hydroxyl groups excluding tert-OH is 1. The van der Waals surface area contributed by atoms with Gasteiger partial charge in [0.05, 0.1) is 38.5 Å². The van der Waals surface area contributed by atoms with Gasteiger partial charge in [-0.3, -0.25) is 4.79 Å². The highest BCUT2D eigenvalue weighted by molar-refractivity contribution is 6.00. The van der Waals surface area contributed by atoms with Gasteiger partial charge in [0, 0.05) is 11.8 Å². The van der Waals surface area contributed by atoms with Crippen molar-refractivity contribution in [3.8, 4) is 11.5 Å². The first-order chi connectivity index (χ1) is 13.8. The van der Waals surface area contributed by atoms with Crippen molar-refractivity contribution in [2.75, 3.05) is 31.5 Å². The molecule has 8 nitrogen and oxygen atoms in total. The molecule has 2 aromatic rings. The molecule has 0 heterocycles. The minimum Gasteiger partial charge on any atom is -0.497 e. The Morgan fingerprint density at radius 1 is 1.00 bits per heavy atom. The van der Waals surface area contributed by atoms with E-state index >= 15 is 0 Å². The summed E-state index contributed by atoms with van der Waals surface area (Å²) in [6.45, 7) is 3.35. The van der Waals surface area contributed by atoms with Crippen LogP contribution in [0.15, 0.2) is 42.5 Å². The van der Waals surface area contributed by atoms with Crippen LogP contribution in [-0.4, -0.2) is 43.4 Å². The highest BCUT2D eigenvalue weighted by atomic mass is 16.5. The fourth-order valence-corrected chi connectivity index (χ4v) is 2.54. The van der Waals surface area contributed by atoms with Crippen LogP contribution >= 0.6 is 0 Å². The summed E-state index contributed by atoms with van der Waals surface area (Å²) in [5.74, 6) is 0.913. The Kier molecular flexibility index (Phi) is 7.44. The van der Waals surface area contributed by atoms with E-state index in [1.54, 1.807) is 63.4 Å². The second-order valence-electron chi connectivity index (χ2n) is 7.11. The second-order valence-corrected chi connectivity index (χ2v) is 7.11. The molecule has 156 valence electrons. The molecular weight excluding hydrogens is 374 g/mol. The summed E-state index contributed by atoms with van der Waals surface area (Å²) < 4.78 is 10.4. The second kappa shape index (κ2) is 9.79. The molecule has 29 heavy (non-hydrogen) atoms. The van der Waals surface area contributed by atoms with Crippen molar-refractivity contribution in [1.82, 2.24) is 5.32 Å². The summed E-state index contributed by atoms with van der Waals surface area (Å²) in [5, 5.41) is 17.4. The summed E-state index contributed by atoms with van der Waals surface area (Å²) in [7, 11) is 3.06. The fraction of sp³-hybridized carbons (Fsp3) is 0.333. The van der Waals surface area contributed by atoms with Crippen molar-refractivity contribution >= 4 is 23.3 Å². The molecule has 0 aromatic heterocycles. The van der Waals surface area contributed by atoms with Gasteiger partial charge in [-0.1, -0.05) is 12.1 Å². The van der Waals surface area contributed by atoms with Crippen LogP contribution in [0.4, 0.5) is 16.2 Å². The zero-order valence-corrected chi connectivity index (χ0v) is 17.0. The zero-order valence-electron chi connectivity index (χ0n) is 17.0. The number of methoxy groups -OCH3 is 2. The number of anilines is 2. The van der Waals surface area contributed by atoms with Gasteiger partial charge in [-0.25, -0.2) is 4.79 Å². The fourth-order valence-electron chi connectivity index (χ4n) is 2.54. The molecule has 3 amide bonds. The van der Waals surface area contributed by atoms with E-state index in [4.69, 9.17) is 9.47 Å². The number of nitrogens with one attached hydrogen (secondary N) is 3. The lowest BCUT2D eigenvalue weighted by Crippen LogP contribution is -2.46. The van der Waals surface area contributed by atoms with E-state index in [2.05, 4.69) is 16.0 Å². The number of ether oxygens (including phenoxy) is 2. The minimum atomic E-state index is -0.667. The first kappa shape index (κ1) is 22.0. The molecule has 0 spiro atoms. The molecule has 0 aliphatic carbocycles. The first-order valence-electron chi connectivity index (χ1n) is 9.07. The van der Waals surface area contributed by atoms with Gasteiger partial charge in [-0.05, 0) is 43.7 Å². The molecule has 0 aliphatic heterocycles. The molecule has 0 aliphatic rings. The molecule has 4 N–H and O–H groups in total. The molecule has 2 rings (SSSR count). The number of amides is 3. The van der Waals surface area contributed by atoms with Crippen LogP contribution in [0.5, 0.6) is 11.5 Å². The highest BCUT2D eigenvalue weighted by Crippen LogP contribution is 2.29. The maximum absolute atomic E-state index is 12.3. The largest absolute Gasteiger partial charge is 0.497 e. The Labute approximate surface area is 170 Å². The van der Waals surface area contributed by atoms with E-state index < -0.39 is 11.6 Å². The normalized spacial score (nSPS) is 10.8. The molecule has 0 bridgehead atoms. The van der Waals surface area contributed by atoms with Crippen LogP contribution in [0.1, 0.15) is 19.4 Å². The van der Waals surface area contributed by atoms with E-state index in [-0.39, 0.29) is 18.9 Å². The Morgan fingerprint density at radius 2 is 1.69 bits per heavy atom. The maximum atomic E-state index is 12.3. The lowest BCUT2D eigenvalue weighted by Gasteiger charge is -2.23. The Balaban J connectivity index is 1.94.